The molecule has 1 fully saturated rings. The van der Waals surface area contributed by atoms with Gasteiger partial charge >= 0.3 is 0 Å². The molecule has 1 heterocycles. The van der Waals surface area contributed by atoms with Crippen molar-refractivity contribution in [2.45, 2.75) is 38.8 Å². The maximum Gasteiger partial charge on any atom is 0.0928 e. The van der Waals surface area contributed by atoms with Crippen molar-refractivity contribution in [2.24, 2.45) is 0 Å². The number of terminal acetylenes is 1. The summed E-state index contributed by atoms with van der Waals surface area (Å²) in [5.74, 6) is 2.80. The maximum absolute atomic E-state index is 5.36. The van der Waals surface area contributed by atoms with E-state index < -0.39 is 0 Å². The second-order valence-electron chi connectivity index (χ2n) is 4.18. The summed E-state index contributed by atoms with van der Waals surface area (Å²) in [5, 5.41) is 0. The fraction of sp³-hybridized carbons (Fsp3) is 0.778. The van der Waals surface area contributed by atoms with Gasteiger partial charge in [-0.1, -0.05) is 5.92 Å². The fourth-order valence-corrected chi connectivity index (χ4v) is 1.37. The van der Waals surface area contributed by atoms with Crippen molar-refractivity contribution < 1.29 is 0 Å². The van der Waals surface area contributed by atoms with Crippen LogP contribution in [0.5, 0.6) is 0 Å². The van der Waals surface area contributed by atoms with Crippen LogP contribution in [0.1, 0.15) is 27.7 Å². The smallest absolute Gasteiger partial charge is 0.0928 e. The Kier molecular flexibility index (Phi) is 1.35. The molecule has 0 amide bonds. The van der Waals surface area contributed by atoms with E-state index in [0.717, 1.165) is 6.54 Å². The average Bonchev–Trinajstić information content (AvgIpc) is 2.43. The van der Waals surface area contributed by atoms with E-state index in [1.54, 1.807) is 0 Å². The minimum atomic E-state index is 0.0538. The van der Waals surface area contributed by atoms with Gasteiger partial charge in [0.1, 0.15) is 0 Å². The van der Waals surface area contributed by atoms with Crippen molar-refractivity contribution in [3.63, 3.8) is 0 Å². The lowest BCUT2D eigenvalue weighted by molar-refractivity contribution is 0.272. The predicted molar refractivity (Wildman–Crippen MR) is 43.7 cm³/mol. The highest BCUT2D eigenvalue weighted by molar-refractivity contribution is 5.25. The zero-order valence-electron chi connectivity index (χ0n) is 7.23. The fourth-order valence-electron chi connectivity index (χ4n) is 1.37. The standard InChI is InChI=1S/C9H15N/c1-6-9(5)7-10(9)8(2,3)4/h1H,7H2,2-5H3. The van der Waals surface area contributed by atoms with Crippen LogP contribution in [-0.4, -0.2) is 22.5 Å². The molecule has 2 atom stereocenters. The van der Waals surface area contributed by atoms with Gasteiger partial charge in [0.2, 0.25) is 0 Å². The van der Waals surface area contributed by atoms with Gasteiger partial charge in [0, 0.05) is 12.1 Å². The summed E-state index contributed by atoms with van der Waals surface area (Å²) in [4.78, 5) is 2.32. The van der Waals surface area contributed by atoms with Crippen molar-refractivity contribution in [3.8, 4) is 12.3 Å². The SMILES string of the molecule is C#CC1(C)CN1C(C)(C)C. The van der Waals surface area contributed by atoms with Gasteiger partial charge in [-0.25, -0.2) is 0 Å². The Morgan fingerprint density at radius 1 is 1.50 bits per heavy atom. The highest BCUT2D eigenvalue weighted by atomic mass is 15.4. The molecule has 0 radical (unpaired) electrons. The summed E-state index contributed by atoms with van der Waals surface area (Å²) in [6, 6.07) is 0. The maximum atomic E-state index is 5.36. The molecule has 2 unspecified atom stereocenters. The van der Waals surface area contributed by atoms with E-state index in [1.165, 1.54) is 0 Å². The van der Waals surface area contributed by atoms with Crippen LogP contribution in [0.3, 0.4) is 0 Å². The number of hydrogen-bond acceptors (Lipinski definition) is 1. The Labute approximate surface area is 63.4 Å². The summed E-state index contributed by atoms with van der Waals surface area (Å²) < 4.78 is 0. The van der Waals surface area contributed by atoms with E-state index in [-0.39, 0.29) is 11.1 Å². The van der Waals surface area contributed by atoms with E-state index in [9.17, 15) is 0 Å². The van der Waals surface area contributed by atoms with E-state index in [2.05, 4.69) is 38.5 Å². The number of nitrogens with zero attached hydrogens (tertiary/aromatic N) is 1. The first-order valence-electron chi connectivity index (χ1n) is 3.66. The monoisotopic (exact) mass is 137 g/mol. The molecule has 0 aliphatic carbocycles. The van der Waals surface area contributed by atoms with Crippen LogP contribution in [0.25, 0.3) is 0 Å². The molecular weight excluding hydrogens is 122 g/mol. The molecule has 56 valence electrons. The van der Waals surface area contributed by atoms with E-state index in [0.29, 0.717) is 0 Å². The molecule has 0 aromatic heterocycles. The van der Waals surface area contributed by atoms with Crippen LogP contribution in [-0.2, 0) is 0 Å². The zero-order valence-corrected chi connectivity index (χ0v) is 7.23. The normalized spacial score (nSPS) is 38.9. The second kappa shape index (κ2) is 1.77. The van der Waals surface area contributed by atoms with Crippen molar-refractivity contribution in [2.75, 3.05) is 6.54 Å². The number of hydrogen-bond donors (Lipinski definition) is 0. The molecule has 1 saturated heterocycles. The Morgan fingerprint density at radius 2 is 2.00 bits per heavy atom. The van der Waals surface area contributed by atoms with Crippen LogP contribution < -0.4 is 0 Å². The molecule has 1 aliphatic heterocycles. The molecule has 0 aromatic rings. The molecule has 1 heteroatoms. The second-order valence-corrected chi connectivity index (χ2v) is 4.18. The quantitative estimate of drug-likeness (QED) is 0.361. The molecule has 0 N–H and O–H groups in total. The lowest BCUT2D eigenvalue weighted by Gasteiger charge is -2.22. The van der Waals surface area contributed by atoms with Gasteiger partial charge in [-0.2, -0.15) is 0 Å². The highest BCUT2D eigenvalue weighted by Gasteiger charge is 2.51. The Balaban J connectivity index is 2.63. The minimum absolute atomic E-state index is 0.0538. The van der Waals surface area contributed by atoms with Crippen LogP contribution in [0, 0.1) is 12.3 Å². The minimum Gasteiger partial charge on any atom is -0.279 e. The average molecular weight is 137 g/mol. The van der Waals surface area contributed by atoms with Gasteiger partial charge in [0.15, 0.2) is 0 Å². The Morgan fingerprint density at radius 3 is 2.10 bits per heavy atom. The third-order valence-electron chi connectivity index (χ3n) is 2.08. The van der Waals surface area contributed by atoms with E-state index >= 15 is 0 Å². The van der Waals surface area contributed by atoms with Crippen LogP contribution in [0.2, 0.25) is 0 Å². The molecule has 1 rings (SSSR count). The van der Waals surface area contributed by atoms with Crippen molar-refractivity contribution in [1.29, 1.82) is 0 Å². The van der Waals surface area contributed by atoms with Gasteiger partial charge in [-0.3, -0.25) is 4.90 Å². The van der Waals surface area contributed by atoms with Gasteiger partial charge in [-0.05, 0) is 27.7 Å². The van der Waals surface area contributed by atoms with Crippen molar-refractivity contribution in [1.82, 2.24) is 4.90 Å². The first-order valence-corrected chi connectivity index (χ1v) is 3.66. The highest BCUT2D eigenvalue weighted by Crippen LogP contribution is 2.38. The predicted octanol–water partition coefficient (Wildman–Crippen LogP) is 1.49. The summed E-state index contributed by atoms with van der Waals surface area (Å²) in [6.45, 7) is 9.73. The molecule has 1 nitrogen and oxygen atoms in total. The van der Waals surface area contributed by atoms with E-state index in [1.807, 2.05) is 0 Å². The summed E-state index contributed by atoms with van der Waals surface area (Å²) >= 11 is 0. The topological polar surface area (TPSA) is 3.01 Å². The van der Waals surface area contributed by atoms with Gasteiger partial charge in [0.25, 0.3) is 0 Å². The Hall–Kier alpha value is -0.480. The first-order chi connectivity index (χ1) is 4.40. The molecule has 0 bridgehead atoms. The van der Waals surface area contributed by atoms with Gasteiger partial charge in [0.05, 0.1) is 5.54 Å². The summed E-state index contributed by atoms with van der Waals surface area (Å²) in [6.07, 6.45) is 5.36. The Bertz CT molecular complexity index is 182. The van der Waals surface area contributed by atoms with Crippen LogP contribution in [0.4, 0.5) is 0 Å². The molecule has 0 saturated carbocycles. The zero-order chi connectivity index (χ0) is 7.99. The van der Waals surface area contributed by atoms with Gasteiger partial charge in [-0.15, -0.1) is 6.42 Å². The third kappa shape index (κ3) is 1.04. The molecule has 0 aromatic carbocycles. The van der Waals surface area contributed by atoms with Crippen molar-refractivity contribution >= 4 is 0 Å². The molecule has 1 aliphatic rings. The molecule has 10 heavy (non-hydrogen) atoms. The number of rotatable bonds is 0. The lowest BCUT2D eigenvalue weighted by Crippen LogP contribution is -2.30. The van der Waals surface area contributed by atoms with Crippen LogP contribution in [0.15, 0.2) is 0 Å². The first kappa shape index (κ1) is 7.63. The van der Waals surface area contributed by atoms with Crippen LogP contribution >= 0.6 is 0 Å². The largest absolute Gasteiger partial charge is 0.279 e. The third-order valence-corrected chi connectivity index (χ3v) is 2.08. The summed E-state index contributed by atoms with van der Waals surface area (Å²) in [7, 11) is 0. The lowest BCUT2D eigenvalue weighted by atomic mass is 10.1. The molecular formula is C9H15N. The summed E-state index contributed by atoms with van der Waals surface area (Å²) in [5.41, 5.74) is 0.291. The van der Waals surface area contributed by atoms with E-state index in [4.69, 9.17) is 6.42 Å². The van der Waals surface area contributed by atoms with Crippen molar-refractivity contribution in [3.05, 3.63) is 0 Å². The van der Waals surface area contributed by atoms with Gasteiger partial charge < -0.3 is 0 Å². The molecule has 0 spiro atoms.